The summed E-state index contributed by atoms with van der Waals surface area (Å²) in [5.74, 6) is -1.14. The molecule has 0 amide bonds. The van der Waals surface area contributed by atoms with E-state index in [1.807, 2.05) is 24.3 Å². The van der Waals surface area contributed by atoms with Gasteiger partial charge in [-0.25, -0.2) is 9.50 Å². The van der Waals surface area contributed by atoms with Crippen LogP contribution in [-0.2, 0) is 21.4 Å². The fraction of sp³-hybridized carbons (Fsp3) is 0.406. The molecule has 1 fully saturated rings. The van der Waals surface area contributed by atoms with E-state index in [2.05, 4.69) is 63.5 Å². The number of hydrogen-bond acceptors (Lipinski definition) is 6. The van der Waals surface area contributed by atoms with Crippen LogP contribution in [0, 0.1) is 0 Å². The number of nitrogens with zero attached hydrogens (tertiary/aromatic N) is 4. The molecule has 1 aliphatic heterocycles. The van der Waals surface area contributed by atoms with Gasteiger partial charge in [0, 0.05) is 18.5 Å². The van der Waals surface area contributed by atoms with Crippen LogP contribution in [0.15, 0.2) is 79.0 Å². The Hall–Kier alpha value is -2.55. The maximum Gasteiger partial charge on any atom is 1.00 e. The minimum absolute atomic E-state index is 0. The molecule has 4 aromatic rings. The number of carbonyl (C=O) groups excluding carboxylic acids is 1. The summed E-state index contributed by atoms with van der Waals surface area (Å²) in [6.45, 7) is 6.38. The average molecular weight is 549 g/mol. The van der Waals surface area contributed by atoms with Gasteiger partial charge in [-0.05, 0) is 75.8 Å². The van der Waals surface area contributed by atoms with E-state index in [1.54, 1.807) is 24.6 Å². The molecule has 2 aromatic heterocycles. The SMILES string of the molecule is CC(C)(C(=O)[O-])c1cn2nc(CCCCN3CCC(OC(c4ccccc4)c4ccccc4)CC3)ccc2n1.[Na+]. The van der Waals surface area contributed by atoms with Crippen LogP contribution in [0.3, 0.4) is 0 Å². The number of unbranched alkanes of at least 4 members (excludes halogenated alkanes) is 1. The molecule has 0 aliphatic carbocycles. The summed E-state index contributed by atoms with van der Waals surface area (Å²) >= 11 is 0. The Morgan fingerprint density at radius 3 is 2.20 bits per heavy atom. The smallest absolute Gasteiger partial charge is 0.549 e. The Bertz CT molecular complexity index is 1330. The maximum absolute atomic E-state index is 11.5. The number of piperidine rings is 1. The number of fused-ring (bicyclic) bond motifs is 1. The third kappa shape index (κ3) is 7.39. The van der Waals surface area contributed by atoms with E-state index in [0.29, 0.717) is 11.3 Å². The van der Waals surface area contributed by atoms with Crippen LogP contribution in [0.25, 0.3) is 5.65 Å². The van der Waals surface area contributed by atoms with E-state index < -0.39 is 11.4 Å². The first-order chi connectivity index (χ1) is 18.9. The molecule has 2 aromatic carbocycles. The molecule has 0 atom stereocenters. The fourth-order valence-electron chi connectivity index (χ4n) is 5.17. The van der Waals surface area contributed by atoms with Gasteiger partial charge in [-0.3, -0.25) is 0 Å². The van der Waals surface area contributed by atoms with Crippen LogP contribution in [0.2, 0.25) is 0 Å². The number of carboxylic acids is 1. The van der Waals surface area contributed by atoms with Gasteiger partial charge in [0.25, 0.3) is 0 Å². The summed E-state index contributed by atoms with van der Waals surface area (Å²) in [6.07, 6.45) is 7.03. The second-order valence-electron chi connectivity index (χ2n) is 11.0. The van der Waals surface area contributed by atoms with Crippen molar-refractivity contribution in [3.8, 4) is 0 Å². The zero-order chi connectivity index (χ0) is 27.2. The molecule has 0 N–H and O–H groups in total. The van der Waals surface area contributed by atoms with Gasteiger partial charge >= 0.3 is 29.6 Å². The molecule has 204 valence electrons. The molecule has 7 nitrogen and oxygen atoms in total. The molecule has 5 rings (SSSR count). The van der Waals surface area contributed by atoms with Gasteiger partial charge < -0.3 is 19.5 Å². The van der Waals surface area contributed by atoms with Gasteiger partial charge in [0.1, 0.15) is 6.10 Å². The molecule has 1 aliphatic rings. The Morgan fingerprint density at radius 2 is 1.60 bits per heavy atom. The monoisotopic (exact) mass is 548 g/mol. The number of ether oxygens (including phenoxy) is 1. The van der Waals surface area contributed by atoms with Crippen molar-refractivity contribution >= 4 is 11.6 Å². The minimum atomic E-state index is -1.16. The summed E-state index contributed by atoms with van der Waals surface area (Å²) in [5, 5.41) is 16.1. The van der Waals surface area contributed by atoms with E-state index in [4.69, 9.17) is 4.74 Å². The number of imidazole rings is 1. The molecule has 40 heavy (non-hydrogen) atoms. The number of aryl methyl sites for hydroxylation is 1. The zero-order valence-corrected chi connectivity index (χ0v) is 25.8. The first-order valence-corrected chi connectivity index (χ1v) is 13.9. The largest absolute Gasteiger partial charge is 1.00 e. The maximum atomic E-state index is 11.5. The van der Waals surface area contributed by atoms with Gasteiger partial charge in [0.15, 0.2) is 5.65 Å². The van der Waals surface area contributed by atoms with Gasteiger partial charge in [-0.2, -0.15) is 5.10 Å². The van der Waals surface area contributed by atoms with Gasteiger partial charge in [0.05, 0.1) is 29.7 Å². The van der Waals surface area contributed by atoms with Gasteiger partial charge in [-0.15, -0.1) is 0 Å². The van der Waals surface area contributed by atoms with E-state index in [-0.39, 0.29) is 41.8 Å². The number of benzene rings is 2. The van der Waals surface area contributed by atoms with E-state index in [1.165, 1.54) is 11.1 Å². The van der Waals surface area contributed by atoms with Crippen molar-refractivity contribution in [2.45, 2.75) is 63.6 Å². The first-order valence-electron chi connectivity index (χ1n) is 13.9. The van der Waals surface area contributed by atoms with Gasteiger partial charge in [-0.1, -0.05) is 60.7 Å². The predicted octanol–water partition coefficient (Wildman–Crippen LogP) is 1.35. The van der Waals surface area contributed by atoms with Crippen LogP contribution >= 0.6 is 0 Å². The molecule has 0 spiro atoms. The van der Waals surface area contributed by atoms with Crippen LogP contribution in [0.1, 0.15) is 68.1 Å². The van der Waals surface area contributed by atoms with Crippen LogP contribution < -0.4 is 34.7 Å². The molecule has 0 unspecified atom stereocenters. The van der Waals surface area contributed by atoms with Crippen LogP contribution in [-0.4, -0.2) is 51.2 Å². The standard InChI is InChI=1S/C32H38N4O3.Na/c1-32(2,31(37)38)28-23-36-29(33-28)17-16-26(34-36)15-9-10-20-35-21-18-27(19-22-35)39-30(24-11-5-3-6-12-24)25-13-7-4-8-14-25;/h3-8,11-14,16-17,23,27,30H,9-10,15,18-22H2,1-2H3,(H,37,38);/q;+1/p-1. The minimum Gasteiger partial charge on any atom is -0.549 e. The van der Waals surface area contributed by atoms with E-state index in [9.17, 15) is 9.90 Å². The summed E-state index contributed by atoms with van der Waals surface area (Å²) in [6, 6.07) is 24.9. The summed E-state index contributed by atoms with van der Waals surface area (Å²) in [4.78, 5) is 18.4. The topological polar surface area (TPSA) is 82.8 Å². The molecular weight excluding hydrogens is 511 g/mol. The molecule has 0 saturated carbocycles. The van der Waals surface area contributed by atoms with Crippen molar-refractivity contribution < 1.29 is 44.2 Å². The second kappa shape index (κ2) is 13.9. The van der Waals surface area contributed by atoms with E-state index in [0.717, 1.165) is 57.4 Å². The Labute approximate surface area is 258 Å². The molecular formula is C32H37N4NaO3. The molecule has 1 saturated heterocycles. The number of hydrogen-bond donors (Lipinski definition) is 0. The van der Waals surface area contributed by atoms with Crippen molar-refractivity contribution in [3.05, 3.63) is 102 Å². The summed E-state index contributed by atoms with van der Waals surface area (Å²) in [5.41, 5.74) is 3.34. The first kappa shape index (κ1) is 30.4. The third-order valence-electron chi connectivity index (χ3n) is 7.75. The van der Waals surface area contributed by atoms with Crippen molar-refractivity contribution in [2.24, 2.45) is 0 Å². The molecule has 8 heteroatoms. The van der Waals surface area contributed by atoms with Crippen LogP contribution in [0.4, 0.5) is 0 Å². The normalized spacial score (nSPS) is 14.9. The van der Waals surface area contributed by atoms with Crippen molar-refractivity contribution in [1.82, 2.24) is 19.5 Å². The second-order valence-corrected chi connectivity index (χ2v) is 11.0. The van der Waals surface area contributed by atoms with Crippen molar-refractivity contribution in [1.29, 1.82) is 0 Å². The molecule has 3 heterocycles. The Balaban J connectivity index is 0.00000370. The molecule has 0 bridgehead atoms. The number of aliphatic carboxylic acids is 1. The number of carboxylic acid groups (broad SMARTS) is 1. The summed E-state index contributed by atoms with van der Waals surface area (Å²) in [7, 11) is 0. The average Bonchev–Trinajstić information content (AvgIpc) is 3.40. The fourth-order valence-corrected chi connectivity index (χ4v) is 5.17. The number of rotatable bonds is 11. The number of likely N-dealkylation sites (tertiary alicyclic amines) is 1. The van der Waals surface area contributed by atoms with Crippen molar-refractivity contribution in [3.63, 3.8) is 0 Å². The van der Waals surface area contributed by atoms with E-state index >= 15 is 0 Å². The van der Waals surface area contributed by atoms with Gasteiger partial charge in [0.2, 0.25) is 0 Å². The van der Waals surface area contributed by atoms with Crippen molar-refractivity contribution in [2.75, 3.05) is 19.6 Å². The quantitative estimate of drug-likeness (QED) is 0.208. The Kier molecular flexibility index (Phi) is 10.6. The van der Waals surface area contributed by atoms with Crippen LogP contribution in [0.5, 0.6) is 0 Å². The number of carbonyl (C=O) groups is 1. The zero-order valence-electron chi connectivity index (χ0n) is 23.8. The summed E-state index contributed by atoms with van der Waals surface area (Å²) < 4.78 is 8.37. The number of aromatic nitrogens is 3. The third-order valence-corrected chi connectivity index (χ3v) is 7.75. The Morgan fingerprint density at radius 1 is 0.975 bits per heavy atom. The predicted molar refractivity (Wildman–Crippen MR) is 149 cm³/mol. The molecule has 0 radical (unpaired) electrons.